The van der Waals surface area contributed by atoms with Crippen molar-refractivity contribution >= 4 is 33.6 Å². The highest BCUT2D eigenvalue weighted by Crippen LogP contribution is 2.47. The van der Waals surface area contributed by atoms with Gasteiger partial charge in [-0.05, 0) is 67.3 Å². The predicted octanol–water partition coefficient (Wildman–Crippen LogP) is 2.27. The molecule has 2 heterocycles. The Morgan fingerprint density at radius 3 is 2.64 bits per heavy atom. The van der Waals surface area contributed by atoms with Crippen molar-refractivity contribution < 1.29 is 23.6 Å². The van der Waals surface area contributed by atoms with Gasteiger partial charge in [0, 0.05) is 56.4 Å². The number of aliphatic hydroxyl groups excluding tert-OH is 1. The average Bonchev–Trinajstić information content (AvgIpc) is 3.24. The summed E-state index contributed by atoms with van der Waals surface area (Å²) >= 11 is 0. The molecular formula is C33H46N6O5S. The summed E-state index contributed by atoms with van der Waals surface area (Å²) < 4.78 is 21.1. The minimum absolute atomic E-state index is 0.0429. The van der Waals surface area contributed by atoms with Gasteiger partial charge in [0.1, 0.15) is 11.4 Å². The number of hydrazine groups is 1. The van der Waals surface area contributed by atoms with Crippen LogP contribution in [-0.2, 0) is 30.5 Å². The van der Waals surface area contributed by atoms with Gasteiger partial charge in [-0.15, -0.1) is 0 Å². The number of nitrogens with one attached hydrogen (secondary N) is 2. The summed E-state index contributed by atoms with van der Waals surface area (Å²) in [5.74, 6) is 2.61. The molecule has 1 aliphatic carbocycles. The molecule has 0 saturated heterocycles. The number of dihydropyridines is 1. The van der Waals surface area contributed by atoms with E-state index in [1.54, 1.807) is 30.3 Å². The molecule has 0 saturated carbocycles. The van der Waals surface area contributed by atoms with Crippen LogP contribution in [0.25, 0.3) is 0 Å². The topological polar surface area (TPSA) is 150 Å². The van der Waals surface area contributed by atoms with Crippen molar-refractivity contribution in [2.24, 2.45) is 28.0 Å². The van der Waals surface area contributed by atoms with Crippen molar-refractivity contribution in [3.63, 3.8) is 0 Å². The molecule has 244 valence electrons. The molecule has 2 aliphatic heterocycles. The van der Waals surface area contributed by atoms with Gasteiger partial charge >= 0.3 is 0 Å². The van der Waals surface area contributed by atoms with Crippen LogP contribution in [0.1, 0.15) is 39.7 Å². The summed E-state index contributed by atoms with van der Waals surface area (Å²) in [6.45, 7) is 7.99. The lowest BCUT2D eigenvalue weighted by atomic mass is 9.62. The molecule has 6 atom stereocenters. The number of carbonyl (C=O) groups excluding carboxylic acids is 2. The van der Waals surface area contributed by atoms with Gasteiger partial charge in [-0.25, -0.2) is 9.22 Å². The number of nitrogens with two attached hydrogens (primary N) is 1. The van der Waals surface area contributed by atoms with Gasteiger partial charge in [0.25, 0.3) is 11.8 Å². The van der Waals surface area contributed by atoms with Crippen LogP contribution in [0.5, 0.6) is 0 Å². The lowest BCUT2D eigenvalue weighted by molar-refractivity contribution is -0.119. The minimum atomic E-state index is -3.24. The van der Waals surface area contributed by atoms with Gasteiger partial charge in [-0.1, -0.05) is 44.2 Å². The van der Waals surface area contributed by atoms with Crippen molar-refractivity contribution in [1.29, 1.82) is 0 Å². The van der Waals surface area contributed by atoms with Gasteiger partial charge in [-0.2, -0.15) is 0 Å². The third kappa shape index (κ3) is 7.47. The Morgan fingerprint density at radius 1 is 1.29 bits per heavy atom. The third-order valence-electron chi connectivity index (χ3n) is 9.09. The number of likely N-dealkylation sites (N-methyl/N-ethyl adjacent to an activating group) is 2. The van der Waals surface area contributed by atoms with Crippen molar-refractivity contribution in [1.82, 2.24) is 20.1 Å². The number of carbonyl (C=O) groups is 2. The van der Waals surface area contributed by atoms with E-state index in [4.69, 9.17) is 10.5 Å². The number of allylic oxidation sites excluding steroid dienone is 4. The largest absolute Gasteiger partial charge is 0.368 e. The zero-order valence-corrected chi connectivity index (χ0v) is 27.9. The molecule has 1 aromatic rings. The monoisotopic (exact) mass is 638 g/mol. The van der Waals surface area contributed by atoms with Gasteiger partial charge in [0.2, 0.25) is 0 Å². The molecule has 2 amide bonds. The zero-order valence-electron chi connectivity index (χ0n) is 27.1. The van der Waals surface area contributed by atoms with Crippen LogP contribution in [0, 0.1) is 17.3 Å². The Hall–Kier alpha value is -3.55. The van der Waals surface area contributed by atoms with Gasteiger partial charge in [0.05, 0.1) is 15.3 Å². The molecule has 4 rings (SSSR count). The molecular weight excluding hydrogens is 592 g/mol. The number of ether oxygens (including phenoxy) is 1. The highest BCUT2D eigenvalue weighted by molar-refractivity contribution is 7.99. The lowest BCUT2D eigenvalue weighted by Gasteiger charge is -2.46. The van der Waals surface area contributed by atoms with Gasteiger partial charge < -0.3 is 25.9 Å². The first kappa shape index (κ1) is 34.3. The summed E-state index contributed by atoms with van der Waals surface area (Å²) in [5.41, 5.74) is 7.47. The highest BCUT2D eigenvalue weighted by atomic mass is 32.2. The van der Waals surface area contributed by atoms with Crippen molar-refractivity contribution in [3.8, 4) is 0 Å². The molecule has 45 heavy (non-hydrogen) atoms. The summed E-state index contributed by atoms with van der Waals surface area (Å²) in [6.07, 6.45) is 10.8. The van der Waals surface area contributed by atoms with Crippen LogP contribution in [0.15, 0.2) is 81.5 Å². The Kier molecular flexibility index (Phi) is 9.96. The number of nitrogens with zero attached hydrogens (tertiary/aromatic N) is 3. The van der Waals surface area contributed by atoms with Crippen LogP contribution < -0.4 is 15.8 Å². The molecule has 1 aromatic carbocycles. The fraction of sp³-hybridized carbons (Fsp3) is 0.455. The maximum absolute atomic E-state index is 13.6. The van der Waals surface area contributed by atoms with Crippen LogP contribution in [-0.4, -0.2) is 82.4 Å². The van der Waals surface area contributed by atoms with E-state index in [0.29, 0.717) is 22.6 Å². The fourth-order valence-corrected chi connectivity index (χ4v) is 7.22. The van der Waals surface area contributed by atoms with Crippen molar-refractivity contribution in [2.75, 3.05) is 21.2 Å². The Bertz CT molecular complexity index is 1590. The van der Waals surface area contributed by atoms with Crippen LogP contribution in [0.2, 0.25) is 0 Å². The number of aliphatic imine (C=N–C) groups is 1. The standard InChI is InChI=1S/C33H46N6O5S/c1-21-15-27(39(6)38(21)5)31(42)36-25-13-10-12-24(19-25)32(2,3)28-18-23(20-35-33(28,4)34)30(41)37-45(8,43)26-14-9-11-22(16-26)17-29(40)44-7/h9-16,18,20-21,24,28-29,40H,8,17,19,34H2,1-7H3,(H,36,42)(H,37,41,43). The SMILES string of the molecule is C=S(=O)(NC(=O)C1=CC(C(C)(C)C2C=CC=C(NC(=O)C3=CC(C)N(C)N3C)C2)C(C)(N)N=C1)c1cccc(CC(O)OC)c1. The van der Waals surface area contributed by atoms with Crippen LogP contribution >= 0.6 is 0 Å². The molecule has 11 nitrogen and oxygen atoms in total. The van der Waals surface area contributed by atoms with E-state index in [-0.39, 0.29) is 29.9 Å². The number of rotatable bonds is 10. The molecule has 6 unspecified atom stereocenters. The normalized spacial score (nSPS) is 27.3. The van der Waals surface area contributed by atoms with E-state index in [1.807, 2.05) is 56.2 Å². The zero-order chi connectivity index (χ0) is 33.3. The smallest absolute Gasteiger partial charge is 0.272 e. The molecule has 12 heteroatoms. The molecule has 5 N–H and O–H groups in total. The highest BCUT2D eigenvalue weighted by Gasteiger charge is 2.46. The van der Waals surface area contributed by atoms with E-state index in [2.05, 4.69) is 40.8 Å². The first-order chi connectivity index (χ1) is 21.0. The average molecular weight is 639 g/mol. The fourth-order valence-electron chi connectivity index (χ4n) is 6.05. The lowest BCUT2D eigenvalue weighted by Crippen LogP contribution is -2.52. The summed E-state index contributed by atoms with van der Waals surface area (Å²) in [7, 11) is 1.95. The molecule has 0 spiro atoms. The first-order valence-corrected chi connectivity index (χ1v) is 16.6. The molecule has 0 aromatic heterocycles. The Balaban J connectivity index is 1.50. The minimum Gasteiger partial charge on any atom is -0.368 e. The molecule has 3 aliphatic rings. The molecule has 0 radical (unpaired) electrons. The van der Waals surface area contributed by atoms with Crippen LogP contribution in [0.3, 0.4) is 0 Å². The summed E-state index contributed by atoms with van der Waals surface area (Å²) in [5, 5.41) is 16.7. The quantitative estimate of drug-likeness (QED) is 0.225. The number of amides is 2. The van der Waals surface area contributed by atoms with E-state index in [9.17, 15) is 18.9 Å². The maximum atomic E-state index is 13.6. The first-order valence-electron chi connectivity index (χ1n) is 14.9. The second-order valence-corrected chi connectivity index (χ2v) is 14.8. The third-order valence-corrected chi connectivity index (χ3v) is 10.6. The maximum Gasteiger partial charge on any atom is 0.272 e. The molecule has 0 bridgehead atoms. The van der Waals surface area contributed by atoms with Gasteiger partial charge in [0.15, 0.2) is 6.29 Å². The number of aliphatic hydroxyl groups is 1. The number of hydrogen-bond acceptors (Lipinski definition) is 9. The number of benzene rings is 1. The number of methoxy groups -OCH3 is 1. The van der Waals surface area contributed by atoms with E-state index in [1.165, 1.54) is 13.3 Å². The van der Waals surface area contributed by atoms with E-state index >= 15 is 0 Å². The predicted molar refractivity (Wildman–Crippen MR) is 178 cm³/mol. The Morgan fingerprint density at radius 2 is 2.00 bits per heavy atom. The summed E-state index contributed by atoms with van der Waals surface area (Å²) in [4.78, 5) is 31.5. The molecule has 0 fully saturated rings. The summed E-state index contributed by atoms with van der Waals surface area (Å²) in [6, 6.07) is 6.82. The second kappa shape index (κ2) is 13.1. The van der Waals surface area contributed by atoms with Crippen molar-refractivity contribution in [2.45, 2.75) is 63.4 Å². The number of hydrogen-bond donors (Lipinski definition) is 4. The van der Waals surface area contributed by atoms with E-state index in [0.717, 1.165) is 5.70 Å². The van der Waals surface area contributed by atoms with E-state index < -0.39 is 38.9 Å². The van der Waals surface area contributed by atoms with Crippen LogP contribution in [0.4, 0.5) is 0 Å². The van der Waals surface area contributed by atoms with Crippen molar-refractivity contribution in [3.05, 3.63) is 77.2 Å². The van der Waals surface area contributed by atoms with Gasteiger partial charge in [-0.3, -0.25) is 19.3 Å². The second-order valence-electron chi connectivity index (χ2n) is 12.8. The Labute approximate surface area is 266 Å².